The number of anilines is 3. The third-order valence-corrected chi connectivity index (χ3v) is 5.12. The summed E-state index contributed by atoms with van der Waals surface area (Å²) in [6.45, 7) is 4.71. The van der Waals surface area contributed by atoms with Crippen molar-refractivity contribution < 1.29 is 0 Å². The Morgan fingerprint density at radius 2 is 1.25 bits per heavy atom. The highest BCUT2D eigenvalue weighted by Gasteiger charge is 2.29. The number of hydrogen-bond donors (Lipinski definition) is 0. The van der Waals surface area contributed by atoms with E-state index in [0.717, 1.165) is 0 Å². The Morgan fingerprint density at radius 3 is 1.83 bits per heavy atom. The second-order valence-electron chi connectivity index (χ2n) is 6.82. The number of benzene rings is 3. The van der Waals surface area contributed by atoms with E-state index in [-0.39, 0.29) is 0 Å². The van der Waals surface area contributed by atoms with Crippen molar-refractivity contribution in [3.05, 3.63) is 90.0 Å². The predicted molar refractivity (Wildman–Crippen MR) is 103 cm³/mol. The van der Waals surface area contributed by atoms with E-state index in [4.69, 9.17) is 0 Å². The van der Waals surface area contributed by atoms with E-state index in [1.165, 1.54) is 34.6 Å². The van der Waals surface area contributed by atoms with Crippen LogP contribution in [0.15, 0.2) is 78.9 Å². The second-order valence-corrected chi connectivity index (χ2v) is 6.82. The van der Waals surface area contributed by atoms with Gasteiger partial charge in [-0.3, -0.25) is 0 Å². The molecule has 0 bridgehead atoms. The third-order valence-electron chi connectivity index (χ3n) is 5.12. The molecular weight excluding hydrogens is 290 g/mol. The highest BCUT2D eigenvalue weighted by molar-refractivity contribution is 5.79. The summed E-state index contributed by atoms with van der Waals surface area (Å²) in [6, 6.07) is 28.1. The molecule has 1 aliphatic rings. The van der Waals surface area contributed by atoms with Gasteiger partial charge in [0.15, 0.2) is 0 Å². The molecule has 1 aliphatic carbocycles. The topological polar surface area (TPSA) is 3.24 Å². The molecule has 0 fully saturated rings. The van der Waals surface area contributed by atoms with Crippen LogP contribution in [0.4, 0.5) is 17.1 Å². The molecule has 2 atom stereocenters. The standard InChI is InChI=1S/C23H23N/c1-17-16-18(2)23-21(17)14-9-15-22(23)24(19-10-5-3-6-11-19)20-12-7-4-8-13-20/h3-15,17-18H,16H2,1-2H3. The Morgan fingerprint density at radius 1 is 0.667 bits per heavy atom. The van der Waals surface area contributed by atoms with Gasteiger partial charge in [-0.2, -0.15) is 0 Å². The van der Waals surface area contributed by atoms with Crippen molar-refractivity contribution in [2.45, 2.75) is 32.1 Å². The highest BCUT2D eigenvalue weighted by atomic mass is 15.1. The first-order valence-electron chi connectivity index (χ1n) is 8.78. The van der Waals surface area contributed by atoms with E-state index in [1.807, 2.05) is 0 Å². The predicted octanol–water partition coefficient (Wildman–Crippen LogP) is 6.77. The van der Waals surface area contributed by atoms with Crippen LogP contribution in [0, 0.1) is 0 Å². The molecule has 0 aliphatic heterocycles. The zero-order valence-electron chi connectivity index (χ0n) is 14.3. The minimum atomic E-state index is 0.598. The summed E-state index contributed by atoms with van der Waals surface area (Å²) in [7, 11) is 0. The van der Waals surface area contributed by atoms with Gasteiger partial charge in [0.2, 0.25) is 0 Å². The van der Waals surface area contributed by atoms with Gasteiger partial charge in [0, 0.05) is 17.1 Å². The van der Waals surface area contributed by atoms with Crippen molar-refractivity contribution in [3.63, 3.8) is 0 Å². The zero-order valence-corrected chi connectivity index (χ0v) is 14.3. The van der Waals surface area contributed by atoms with E-state index in [9.17, 15) is 0 Å². The molecule has 4 rings (SSSR count). The van der Waals surface area contributed by atoms with Crippen LogP contribution in [0.1, 0.15) is 43.2 Å². The Bertz CT molecular complexity index is 784. The van der Waals surface area contributed by atoms with Crippen LogP contribution in [0.25, 0.3) is 0 Å². The van der Waals surface area contributed by atoms with Gasteiger partial charge in [0.1, 0.15) is 0 Å². The molecule has 1 nitrogen and oxygen atoms in total. The third kappa shape index (κ3) is 2.50. The highest BCUT2D eigenvalue weighted by Crippen LogP contribution is 2.48. The summed E-state index contributed by atoms with van der Waals surface area (Å²) < 4.78 is 0. The van der Waals surface area contributed by atoms with Gasteiger partial charge in [0.05, 0.1) is 0 Å². The van der Waals surface area contributed by atoms with Gasteiger partial charge in [0.25, 0.3) is 0 Å². The normalized spacial score (nSPS) is 19.1. The Labute approximate surface area is 144 Å². The van der Waals surface area contributed by atoms with Gasteiger partial charge >= 0.3 is 0 Å². The van der Waals surface area contributed by atoms with Crippen molar-refractivity contribution in [2.75, 3.05) is 4.90 Å². The average Bonchev–Trinajstić information content (AvgIpc) is 2.92. The largest absolute Gasteiger partial charge is 0.310 e. The molecule has 0 spiro atoms. The van der Waals surface area contributed by atoms with Gasteiger partial charge in [-0.05, 0) is 59.7 Å². The maximum absolute atomic E-state index is 2.40. The number of hydrogen-bond acceptors (Lipinski definition) is 1. The van der Waals surface area contributed by atoms with Gasteiger partial charge in [-0.1, -0.05) is 62.4 Å². The fourth-order valence-electron chi connectivity index (χ4n) is 4.09. The summed E-state index contributed by atoms with van der Waals surface area (Å²) in [6.07, 6.45) is 1.24. The molecule has 3 aromatic carbocycles. The zero-order chi connectivity index (χ0) is 16.5. The van der Waals surface area contributed by atoms with E-state index < -0.39 is 0 Å². The van der Waals surface area contributed by atoms with Crippen LogP contribution >= 0.6 is 0 Å². The first-order chi connectivity index (χ1) is 11.8. The molecule has 120 valence electrons. The number of rotatable bonds is 3. The van der Waals surface area contributed by atoms with Gasteiger partial charge in [-0.15, -0.1) is 0 Å². The van der Waals surface area contributed by atoms with Gasteiger partial charge < -0.3 is 4.90 Å². The summed E-state index contributed by atoms with van der Waals surface area (Å²) in [5, 5.41) is 0. The fraction of sp³-hybridized carbons (Fsp3) is 0.217. The molecule has 0 saturated heterocycles. The van der Waals surface area contributed by atoms with Crippen molar-refractivity contribution in [1.29, 1.82) is 0 Å². The summed E-state index contributed by atoms with van der Waals surface area (Å²) in [5.41, 5.74) is 6.77. The molecule has 0 N–H and O–H groups in total. The van der Waals surface area contributed by atoms with Gasteiger partial charge in [-0.25, -0.2) is 0 Å². The van der Waals surface area contributed by atoms with Crippen molar-refractivity contribution >= 4 is 17.1 Å². The number of fused-ring (bicyclic) bond motifs is 1. The smallest absolute Gasteiger partial charge is 0.0499 e. The number of para-hydroxylation sites is 2. The van der Waals surface area contributed by atoms with Crippen LogP contribution in [-0.4, -0.2) is 0 Å². The van der Waals surface area contributed by atoms with Crippen LogP contribution in [-0.2, 0) is 0 Å². The summed E-state index contributed by atoms with van der Waals surface area (Å²) in [5.74, 6) is 1.24. The van der Waals surface area contributed by atoms with Crippen LogP contribution in [0.5, 0.6) is 0 Å². The average molecular weight is 313 g/mol. The summed E-state index contributed by atoms with van der Waals surface area (Å²) >= 11 is 0. The molecule has 1 heteroatoms. The van der Waals surface area contributed by atoms with Crippen LogP contribution in [0.3, 0.4) is 0 Å². The second kappa shape index (κ2) is 6.16. The Kier molecular flexibility index (Phi) is 3.86. The Hall–Kier alpha value is -2.54. The van der Waals surface area contributed by atoms with Crippen LogP contribution < -0.4 is 4.90 Å². The molecule has 0 saturated carbocycles. The maximum Gasteiger partial charge on any atom is 0.0499 e. The fourth-order valence-corrected chi connectivity index (χ4v) is 4.09. The lowest BCUT2D eigenvalue weighted by atomic mass is 9.99. The molecule has 24 heavy (non-hydrogen) atoms. The lowest BCUT2D eigenvalue weighted by Crippen LogP contribution is -2.12. The van der Waals surface area contributed by atoms with Crippen LogP contribution in [0.2, 0.25) is 0 Å². The molecular formula is C23H23N. The minimum absolute atomic E-state index is 0.598. The molecule has 0 aromatic heterocycles. The quantitative estimate of drug-likeness (QED) is 0.516. The van der Waals surface area contributed by atoms with E-state index in [0.29, 0.717) is 11.8 Å². The lowest BCUT2D eigenvalue weighted by Gasteiger charge is -2.28. The SMILES string of the molecule is CC1CC(C)c2c1cccc2N(c1ccccc1)c1ccccc1. The minimum Gasteiger partial charge on any atom is -0.310 e. The molecule has 0 heterocycles. The Balaban J connectivity index is 1.94. The first kappa shape index (κ1) is 15.0. The molecule has 0 radical (unpaired) electrons. The van der Waals surface area contributed by atoms with E-state index in [1.54, 1.807) is 0 Å². The lowest BCUT2D eigenvalue weighted by molar-refractivity contribution is 0.661. The first-order valence-corrected chi connectivity index (χ1v) is 8.78. The van der Waals surface area contributed by atoms with E-state index in [2.05, 4.69) is 97.6 Å². The van der Waals surface area contributed by atoms with Crippen molar-refractivity contribution in [2.24, 2.45) is 0 Å². The molecule has 0 amide bonds. The molecule has 2 unspecified atom stereocenters. The van der Waals surface area contributed by atoms with Crippen molar-refractivity contribution in [1.82, 2.24) is 0 Å². The maximum atomic E-state index is 2.40. The number of nitrogens with zero attached hydrogens (tertiary/aromatic N) is 1. The summed E-state index contributed by atoms with van der Waals surface area (Å²) in [4.78, 5) is 2.40. The molecule has 3 aromatic rings. The van der Waals surface area contributed by atoms with E-state index >= 15 is 0 Å². The van der Waals surface area contributed by atoms with Crippen molar-refractivity contribution in [3.8, 4) is 0 Å². The monoisotopic (exact) mass is 313 g/mol.